The maximum atomic E-state index is 13.2. The molecule has 0 aliphatic carbocycles. The Morgan fingerprint density at radius 3 is 1.24 bits per heavy atom. The summed E-state index contributed by atoms with van der Waals surface area (Å²) in [5.41, 5.74) is 0. The van der Waals surface area contributed by atoms with Crippen molar-refractivity contribution in [2.24, 2.45) is 0 Å². The molecule has 0 bridgehead atoms. The molecule has 0 aromatic rings. The van der Waals surface area contributed by atoms with E-state index in [0.29, 0.717) is 19.3 Å². The monoisotopic (exact) mass is 1160 g/mol. The summed E-state index contributed by atoms with van der Waals surface area (Å²) in [6.45, 7) is 5.80. The average molecular weight is 1160 g/mol. The molecule has 0 saturated carbocycles. The topological polar surface area (TPSA) is 175 Å². The van der Waals surface area contributed by atoms with Crippen LogP contribution in [0.5, 0.6) is 0 Å². The van der Waals surface area contributed by atoms with E-state index in [1.807, 2.05) is 12.2 Å². The van der Waals surface area contributed by atoms with Crippen molar-refractivity contribution in [2.75, 3.05) is 13.2 Å². The van der Waals surface area contributed by atoms with Gasteiger partial charge in [0.1, 0.15) is 18.8 Å². The number of ether oxygens (including phenoxy) is 5. The lowest BCUT2D eigenvalue weighted by molar-refractivity contribution is -0.301. The third kappa shape index (κ3) is 47.3. The first-order valence-electron chi connectivity index (χ1n) is 32.9. The summed E-state index contributed by atoms with van der Waals surface area (Å²) in [7, 11) is 0. The molecule has 6 atom stereocenters. The zero-order valence-corrected chi connectivity index (χ0v) is 52.2. The van der Waals surface area contributed by atoms with Crippen molar-refractivity contribution in [2.45, 2.75) is 302 Å². The normalized spacial score (nSPS) is 18.3. The Kier molecular flexibility index (Phi) is 53.2. The molecule has 12 nitrogen and oxygen atoms in total. The highest BCUT2D eigenvalue weighted by Gasteiger charge is 2.50. The molecule has 0 aromatic carbocycles. The minimum atomic E-state index is -1.92. The van der Waals surface area contributed by atoms with Gasteiger partial charge < -0.3 is 39.0 Å². The minimum absolute atomic E-state index is 0.0329. The van der Waals surface area contributed by atoms with Gasteiger partial charge in [-0.25, -0.2) is 4.79 Å². The Morgan fingerprint density at radius 2 is 0.783 bits per heavy atom. The van der Waals surface area contributed by atoms with Crippen molar-refractivity contribution < 1.29 is 58.2 Å². The first-order valence-corrected chi connectivity index (χ1v) is 32.9. The van der Waals surface area contributed by atoms with Gasteiger partial charge in [0.2, 0.25) is 0 Å². The van der Waals surface area contributed by atoms with Crippen LogP contribution in [0.4, 0.5) is 0 Å². The molecule has 1 saturated heterocycles. The molecule has 1 fully saturated rings. The molecule has 3 N–H and O–H groups in total. The van der Waals surface area contributed by atoms with Crippen LogP contribution in [-0.4, -0.2) is 89.2 Å². The Balaban J connectivity index is 2.72. The highest BCUT2D eigenvalue weighted by Crippen LogP contribution is 2.26. The third-order valence-electron chi connectivity index (χ3n) is 14.3. The van der Waals surface area contributed by atoms with E-state index in [1.165, 1.54) is 89.9 Å². The number of allylic oxidation sites excluding steroid dienone is 18. The van der Waals surface area contributed by atoms with Crippen LogP contribution in [0.25, 0.3) is 0 Å². The predicted molar refractivity (Wildman–Crippen MR) is 340 cm³/mol. The molecule has 0 spiro atoms. The van der Waals surface area contributed by atoms with E-state index in [9.17, 15) is 34.5 Å². The van der Waals surface area contributed by atoms with Crippen molar-refractivity contribution >= 4 is 23.9 Å². The minimum Gasteiger partial charge on any atom is -0.479 e. The van der Waals surface area contributed by atoms with Gasteiger partial charge in [-0.15, -0.1) is 0 Å². The van der Waals surface area contributed by atoms with Gasteiger partial charge in [-0.2, -0.15) is 0 Å². The number of esters is 3. The summed E-state index contributed by atoms with van der Waals surface area (Å²) >= 11 is 0. The van der Waals surface area contributed by atoms with Crippen molar-refractivity contribution in [3.63, 3.8) is 0 Å². The second-order valence-electron chi connectivity index (χ2n) is 22.0. The summed E-state index contributed by atoms with van der Waals surface area (Å²) in [6.07, 6.45) is 66.3. The zero-order valence-electron chi connectivity index (χ0n) is 52.2. The fourth-order valence-electron chi connectivity index (χ4n) is 9.30. The third-order valence-corrected chi connectivity index (χ3v) is 14.3. The number of carboxylic acids is 1. The smallest absolute Gasteiger partial charge is 0.335 e. The van der Waals surface area contributed by atoms with Crippen LogP contribution < -0.4 is 0 Å². The lowest BCUT2D eigenvalue weighted by Gasteiger charge is -2.40. The van der Waals surface area contributed by atoms with E-state index < -0.39 is 67.3 Å². The van der Waals surface area contributed by atoms with Crippen LogP contribution in [0.3, 0.4) is 0 Å². The Morgan fingerprint density at radius 1 is 0.410 bits per heavy atom. The van der Waals surface area contributed by atoms with E-state index in [2.05, 4.69) is 118 Å². The number of carbonyl (C=O) groups excluding carboxylic acids is 3. The first kappa shape index (κ1) is 76.4. The number of unbranched alkanes of at least 4 members (excludes halogenated alkanes) is 23. The van der Waals surface area contributed by atoms with Gasteiger partial charge in [0.15, 0.2) is 24.6 Å². The molecule has 0 aromatic heterocycles. The molecule has 1 aliphatic rings. The Labute approximate surface area is 504 Å². The summed E-state index contributed by atoms with van der Waals surface area (Å²) in [5, 5.41) is 31.6. The second-order valence-corrected chi connectivity index (χ2v) is 22.0. The van der Waals surface area contributed by atoms with Gasteiger partial charge in [-0.1, -0.05) is 239 Å². The predicted octanol–water partition coefficient (Wildman–Crippen LogP) is 17.8. The first-order chi connectivity index (χ1) is 40.6. The number of aliphatic carboxylic acids is 1. The highest BCUT2D eigenvalue weighted by atomic mass is 16.7. The van der Waals surface area contributed by atoms with Crippen LogP contribution >= 0.6 is 0 Å². The van der Waals surface area contributed by atoms with Gasteiger partial charge in [0.05, 0.1) is 6.61 Å². The SMILES string of the molecule is CC/C=C\C/C=C\C/C=C\C/C=C\C/C=C\C/C=C\CCC(=O)OCC(COC1OC(C(=O)O)C(O)C(O)C1OC(=O)CCCCCCC/C=C\C/C=C\CCCCC)OC(=O)CCCCCCCCCCC/C=C\CCCCCCCC. The van der Waals surface area contributed by atoms with E-state index >= 15 is 0 Å². The van der Waals surface area contributed by atoms with Crippen molar-refractivity contribution in [1.82, 2.24) is 0 Å². The van der Waals surface area contributed by atoms with Crippen molar-refractivity contribution in [1.29, 1.82) is 0 Å². The maximum Gasteiger partial charge on any atom is 0.335 e. The quantitative estimate of drug-likeness (QED) is 0.0228. The molecule has 0 amide bonds. The molecule has 6 unspecified atom stereocenters. The number of aliphatic hydroxyl groups is 2. The average Bonchev–Trinajstić information content (AvgIpc) is 3.58. The van der Waals surface area contributed by atoms with Gasteiger partial charge >= 0.3 is 23.9 Å². The Hall–Kier alpha value is -4.62. The van der Waals surface area contributed by atoms with Crippen LogP contribution in [0.1, 0.15) is 265 Å². The Bertz CT molecular complexity index is 1860. The number of rotatable bonds is 55. The van der Waals surface area contributed by atoms with Crippen LogP contribution in [0, 0.1) is 0 Å². The maximum absolute atomic E-state index is 13.2. The molecule has 0 radical (unpaired) electrons. The zero-order chi connectivity index (χ0) is 60.3. The second kappa shape index (κ2) is 57.8. The van der Waals surface area contributed by atoms with E-state index in [1.54, 1.807) is 0 Å². The van der Waals surface area contributed by atoms with E-state index in [0.717, 1.165) is 116 Å². The largest absolute Gasteiger partial charge is 0.479 e. The molecule has 472 valence electrons. The number of aliphatic hydroxyl groups excluding tert-OH is 2. The van der Waals surface area contributed by atoms with E-state index in [4.69, 9.17) is 23.7 Å². The molecular formula is C71H116O12. The molecule has 83 heavy (non-hydrogen) atoms. The molecular weight excluding hydrogens is 1040 g/mol. The fourth-order valence-corrected chi connectivity index (χ4v) is 9.30. The summed E-state index contributed by atoms with van der Waals surface area (Å²) in [4.78, 5) is 51.3. The van der Waals surface area contributed by atoms with Crippen LogP contribution in [0.2, 0.25) is 0 Å². The number of hydrogen-bond acceptors (Lipinski definition) is 11. The lowest BCUT2D eigenvalue weighted by Crippen LogP contribution is -2.61. The van der Waals surface area contributed by atoms with E-state index in [-0.39, 0.29) is 25.9 Å². The molecule has 1 aliphatic heterocycles. The van der Waals surface area contributed by atoms with Crippen molar-refractivity contribution in [3.05, 3.63) is 109 Å². The number of carbonyl (C=O) groups is 4. The fraction of sp³-hybridized carbons (Fsp3) is 0.690. The lowest BCUT2D eigenvalue weighted by atomic mass is 9.98. The summed E-state index contributed by atoms with van der Waals surface area (Å²) in [5.74, 6) is -3.25. The highest BCUT2D eigenvalue weighted by molar-refractivity contribution is 5.74. The van der Waals surface area contributed by atoms with Gasteiger partial charge in [-0.3, -0.25) is 14.4 Å². The van der Waals surface area contributed by atoms with Gasteiger partial charge in [-0.05, 0) is 116 Å². The number of hydrogen-bond donors (Lipinski definition) is 3. The van der Waals surface area contributed by atoms with Crippen LogP contribution in [0.15, 0.2) is 109 Å². The molecule has 12 heteroatoms. The standard InChI is InChI=1S/C71H116O12/c1-4-7-10-13-16-19-22-25-28-30-32-34-37-39-42-45-48-51-54-57-63(72)79-60-62(81-64(73)58-55-52-49-46-43-41-38-35-33-31-29-26-23-20-17-14-11-8-5-2)61-80-71-69(67(76)66(75)68(83-71)70(77)78)82-65(74)59-56-53-50-47-44-40-36-27-24-21-18-15-12-9-6-3/h7,10,16,18-19,21,25-29,32,34,36,39,42,48,51,62,66-69,71,75-76H,4-6,8-9,11-15,17,20,22-24,30-31,33,35,37-38,40-41,43-47,49-50,52-61H2,1-3H3,(H,77,78)/b10-7-,19-16-,21-18-,28-25-,29-26-,34-32-,36-27-,42-39-,51-48-. The van der Waals surface area contributed by atoms with Crippen LogP contribution in [-0.2, 0) is 42.9 Å². The summed E-state index contributed by atoms with van der Waals surface area (Å²) in [6, 6.07) is 0. The van der Waals surface area contributed by atoms with Gasteiger partial charge in [0, 0.05) is 19.3 Å². The summed E-state index contributed by atoms with van der Waals surface area (Å²) < 4.78 is 28.4. The van der Waals surface area contributed by atoms with Gasteiger partial charge in [0.25, 0.3) is 0 Å². The number of carboxylic acid groups (broad SMARTS) is 1. The molecule has 1 rings (SSSR count). The molecule has 1 heterocycles. The van der Waals surface area contributed by atoms with Crippen molar-refractivity contribution in [3.8, 4) is 0 Å².